The van der Waals surface area contributed by atoms with E-state index in [4.69, 9.17) is 11.6 Å². The number of nitrogens with zero attached hydrogens (tertiary/aromatic N) is 7. The maximum Gasteiger partial charge on any atom is 0.321 e. The Morgan fingerprint density at radius 3 is 2.62 bits per heavy atom. The van der Waals surface area contributed by atoms with Crippen LogP contribution in [0.4, 0.5) is 27.9 Å². The predicted molar refractivity (Wildman–Crippen MR) is 147 cm³/mol. The molecule has 0 radical (unpaired) electrons. The van der Waals surface area contributed by atoms with Gasteiger partial charge >= 0.3 is 6.03 Å². The minimum Gasteiger partial charge on any atom is -0.366 e. The quantitative estimate of drug-likeness (QED) is 0.330. The highest BCUT2D eigenvalue weighted by molar-refractivity contribution is 6.32. The fraction of sp³-hybridized carbons (Fsp3) is 0.192. The Morgan fingerprint density at radius 2 is 1.85 bits per heavy atom. The van der Waals surface area contributed by atoms with E-state index in [-0.39, 0.29) is 18.0 Å². The molecule has 2 aromatic carbocycles. The van der Waals surface area contributed by atoms with Crippen LogP contribution in [-0.2, 0) is 0 Å². The molecular formula is C26H23ClN10O2. The lowest BCUT2D eigenvalue weighted by Crippen LogP contribution is -2.44. The second-order valence-electron chi connectivity index (χ2n) is 9.10. The van der Waals surface area contributed by atoms with Gasteiger partial charge in [0.05, 0.1) is 17.4 Å². The van der Waals surface area contributed by atoms with Gasteiger partial charge in [-0.1, -0.05) is 11.6 Å². The van der Waals surface area contributed by atoms with Gasteiger partial charge in [0.15, 0.2) is 5.82 Å². The van der Waals surface area contributed by atoms with Gasteiger partial charge < -0.3 is 20.9 Å². The Labute approximate surface area is 228 Å². The summed E-state index contributed by atoms with van der Waals surface area (Å²) in [5.74, 6) is 0.643. The first kappa shape index (κ1) is 24.5. The first-order valence-corrected chi connectivity index (χ1v) is 12.7. The van der Waals surface area contributed by atoms with Crippen molar-refractivity contribution < 1.29 is 9.59 Å². The molecule has 0 bridgehead atoms. The van der Waals surface area contributed by atoms with E-state index in [2.05, 4.69) is 41.0 Å². The van der Waals surface area contributed by atoms with Crippen LogP contribution >= 0.6 is 11.6 Å². The van der Waals surface area contributed by atoms with Crippen LogP contribution in [0.5, 0.6) is 0 Å². The summed E-state index contributed by atoms with van der Waals surface area (Å²) < 4.78 is 1.65. The molecule has 4 aromatic rings. The van der Waals surface area contributed by atoms with Gasteiger partial charge in [0, 0.05) is 42.3 Å². The maximum absolute atomic E-state index is 12.8. The molecule has 0 spiro atoms. The fourth-order valence-electron chi connectivity index (χ4n) is 4.46. The standard InChI is InChI=1S/C26H23ClN10O2/c27-22-13-30-25(33-19-3-6-21-16(11-19)12-29-24(21)38)35-23(22)32-18-7-9-36(10-8-18)26(39)34-17-1-4-20(5-2-17)37-15-28-14-31-37/h1-6,11-15,18H,7-10H2,(H,34,39)(H2,30,32,33,35). The normalized spacial score (nSPS) is 14.8. The Morgan fingerprint density at radius 1 is 1.05 bits per heavy atom. The lowest BCUT2D eigenvalue weighted by Gasteiger charge is -2.32. The molecule has 12 nitrogen and oxygen atoms in total. The van der Waals surface area contributed by atoms with Crippen molar-refractivity contribution in [2.75, 3.05) is 29.0 Å². The van der Waals surface area contributed by atoms with Crippen LogP contribution in [0.3, 0.4) is 0 Å². The monoisotopic (exact) mass is 542 g/mol. The second-order valence-corrected chi connectivity index (χ2v) is 9.51. The van der Waals surface area contributed by atoms with Gasteiger partial charge in [0.25, 0.3) is 5.91 Å². The summed E-state index contributed by atoms with van der Waals surface area (Å²) in [6.07, 6.45) is 7.64. The molecule has 0 aliphatic carbocycles. The van der Waals surface area contributed by atoms with Gasteiger partial charge in [-0.05, 0) is 55.3 Å². The zero-order valence-electron chi connectivity index (χ0n) is 20.6. The van der Waals surface area contributed by atoms with Crippen LogP contribution in [0.15, 0.2) is 66.3 Å². The topological polar surface area (TPSA) is 142 Å². The molecule has 0 unspecified atom stereocenters. The average Bonchev–Trinajstić information content (AvgIpc) is 3.62. The van der Waals surface area contributed by atoms with Gasteiger partial charge in [-0.25, -0.2) is 24.4 Å². The van der Waals surface area contributed by atoms with Crippen molar-refractivity contribution in [1.82, 2.24) is 29.6 Å². The number of hydrogen-bond donors (Lipinski definition) is 3. The van der Waals surface area contributed by atoms with E-state index in [1.807, 2.05) is 30.3 Å². The molecule has 3 N–H and O–H groups in total. The molecule has 2 aliphatic rings. The lowest BCUT2D eigenvalue weighted by atomic mass is 10.1. The molecule has 2 aliphatic heterocycles. The molecule has 1 fully saturated rings. The number of amides is 3. The highest BCUT2D eigenvalue weighted by Gasteiger charge is 2.24. The van der Waals surface area contributed by atoms with Gasteiger partial charge in [0.2, 0.25) is 5.95 Å². The molecule has 6 rings (SSSR count). The number of rotatable bonds is 6. The average molecular weight is 543 g/mol. The number of piperidine rings is 1. The first-order chi connectivity index (χ1) is 19.0. The van der Waals surface area contributed by atoms with Crippen LogP contribution in [0, 0.1) is 0 Å². The third-order valence-corrected chi connectivity index (χ3v) is 6.80. The maximum atomic E-state index is 12.8. The minimum absolute atomic E-state index is 0.0958. The van der Waals surface area contributed by atoms with Crippen LogP contribution in [-0.4, -0.2) is 66.9 Å². The number of nitrogens with one attached hydrogen (secondary N) is 3. The van der Waals surface area contributed by atoms with Crippen molar-refractivity contribution in [3.8, 4) is 5.69 Å². The molecule has 1 saturated heterocycles. The van der Waals surface area contributed by atoms with Crippen LogP contribution in [0.25, 0.3) is 5.69 Å². The summed E-state index contributed by atoms with van der Waals surface area (Å²) in [7, 11) is 0. The SMILES string of the molecule is O=C1N=Cc2cc(Nc3ncc(Cl)c(NC4CCN(C(=O)Nc5ccc(-n6cncn6)cc5)CC4)n3)ccc21. The number of aromatic nitrogens is 5. The molecule has 3 amide bonds. The Bertz CT molecular complexity index is 1550. The van der Waals surface area contributed by atoms with E-state index in [0.29, 0.717) is 41.1 Å². The lowest BCUT2D eigenvalue weighted by molar-refractivity contribution is 0.101. The van der Waals surface area contributed by atoms with Gasteiger partial charge in [0.1, 0.15) is 17.7 Å². The molecule has 196 valence electrons. The number of fused-ring (bicyclic) bond motifs is 1. The third-order valence-electron chi connectivity index (χ3n) is 6.53. The van der Waals surface area contributed by atoms with Gasteiger partial charge in [-0.2, -0.15) is 10.1 Å². The van der Waals surface area contributed by atoms with Gasteiger partial charge in [-0.15, -0.1) is 0 Å². The smallest absolute Gasteiger partial charge is 0.321 e. The number of carbonyl (C=O) groups is 2. The second kappa shape index (κ2) is 10.5. The van der Waals surface area contributed by atoms with Crippen molar-refractivity contribution in [3.05, 3.63) is 77.5 Å². The van der Waals surface area contributed by atoms with E-state index in [0.717, 1.165) is 29.8 Å². The largest absolute Gasteiger partial charge is 0.366 e. The minimum atomic E-state index is -0.243. The van der Waals surface area contributed by atoms with Crippen molar-refractivity contribution in [1.29, 1.82) is 0 Å². The molecular weight excluding hydrogens is 520 g/mol. The van der Waals surface area contributed by atoms with Crippen molar-refractivity contribution >= 4 is 52.9 Å². The number of likely N-dealkylation sites (tertiary alicyclic amines) is 1. The Balaban J connectivity index is 1.03. The summed E-state index contributed by atoms with van der Waals surface area (Å²) in [4.78, 5) is 42.8. The zero-order chi connectivity index (χ0) is 26.8. The molecule has 39 heavy (non-hydrogen) atoms. The number of aliphatic imine (C=N–C) groups is 1. The number of hydrogen-bond acceptors (Lipinski definition) is 8. The van der Waals surface area contributed by atoms with Crippen molar-refractivity contribution in [2.24, 2.45) is 4.99 Å². The van der Waals surface area contributed by atoms with E-state index in [1.165, 1.54) is 12.5 Å². The highest BCUT2D eigenvalue weighted by Crippen LogP contribution is 2.26. The first-order valence-electron chi connectivity index (χ1n) is 12.3. The third kappa shape index (κ3) is 5.41. The van der Waals surface area contributed by atoms with Crippen molar-refractivity contribution in [3.63, 3.8) is 0 Å². The number of benzene rings is 2. The van der Waals surface area contributed by atoms with E-state index >= 15 is 0 Å². The number of urea groups is 1. The van der Waals surface area contributed by atoms with Crippen molar-refractivity contribution in [2.45, 2.75) is 18.9 Å². The molecule has 2 aromatic heterocycles. The van der Waals surface area contributed by atoms with Gasteiger partial charge in [-0.3, -0.25) is 4.79 Å². The summed E-state index contributed by atoms with van der Waals surface area (Å²) in [6, 6.07) is 12.7. The number of carbonyl (C=O) groups excluding carboxylic acids is 2. The van der Waals surface area contributed by atoms with Crippen LogP contribution in [0.1, 0.15) is 28.8 Å². The highest BCUT2D eigenvalue weighted by atomic mass is 35.5. The fourth-order valence-corrected chi connectivity index (χ4v) is 4.60. The predicted octanol–water partition coefficient (Wildman–Crippen LogP) is 4.14. The molecule has 4 heterocycles. The molecule has 13 heteroatoms. The van der Waals surface area contributed by atoms with E-state index < -0.39 is 0 Å². The molecule has 0 saturated carbocycles. The summed E-state index contributed by atoms with van der Waals surface area (Å²) in [5.41, 5.74) is 3.62. The summed E-state index contributed by atoms with van der Waals surface area (Å²) in [5, 5.41) is 14.0. The van der Waals surface area contributed by atoms with Crippen LogP contribution in [0.2, 0.25) is 5.02 Å². The number of halogens is 1. The van der Waals surface area contributed by atoms with E-state index in [9.17, 15) is 9.59 Å². The van der Waals surface area contributed by atoms with Crippen LogP contribution < -0.4 is 16.0 Å². The summed E-state index contributed by atoms with van der Waals surface area (Å²) in [6.45, 7) is 1.17. The zero-order valence-corrected chi connectivity index (χ0v) is 21.3. The Hall–Kier alpha value is -4.84. The number of anilines is 4. The Kier molecular flexibility index (Phi) is 6.59. The van der Waals surface area contributed by atoms with E-state index in [1.54, 1.807) is 34.3 Å². The molecule has 0 atom stereocenters. The summed E-state index contributed by atoms with van der Waals surface area (Å²) >= 11 is 6.37.